The van der Waals surface area contributed by atoms with Crippen molar-refractivity contribution in [1.29, 1.82) is 0 Å². The van der Waals surface area contributed by atoms with Crippen LogP contribution in [0.5, 0.6) is 0 Å². The van der Waals surface area contributed by atoms with E-state index in [4.69, 9.17) is 10.8 Å². The number of hydrogen-bond donors (Lipinski definition) is 3. The number of carbonyl (C=O) groups is 2. The van der Waals surface area contributed by atoms with Gasteiger partial charge in [0.2, 0.25) is 11.9 Å². The molecule has 1 aliphatic rings. The maximum atomic E-state index is 13.6. The van der Waals surface area contributed by atoms with E-state index in [9.17, 15) is 9.59 Å². The van der Waals surface area contributed by atoms with Crippen LogP contribution >= 0.6 is 0 Å². The number of nitrogen functional groups attached to an aromatic ring is 1. The summed E-state index contributed by atoms with van der Waals surface area (Å²) in [5, 5.41) is 12.5. The molecule has 1 aromatic carbocycles. The van der Waals surface area contributed by atoms with Gasteiger partial charge in [-0.3, -0.25) is 9.59 Å². The molecule has 3 rings (SSSR count). The molecule has 1 aromatic heterocycles. The van der Waals surface area contributed by atoms with Crippen molar-refractivity contribution in [2.45, 2.75) is 71.8 Å². The summed E-state index contributed by atoms with van der Waals surface area (Å²) in [5.41, 5.74) is 9.63. The predicted octanol–water partition coefficient (Wildman–Crippen LogP) is 3.90. The fraction of sp³-hybridized carbons (Fsp3) is 0.586. The Morgan fingerprint density at radius 3 is 2.45 bits per heavy atom. The second-order valence-electron chi connectivity index (χ2n) is 10.5. The van der Waals surface area contributed by atoms with Gasteiger partial charge in [-0.2, -0.15) is 4.98 Å². The number of nitrogens with one attached hydrogen (secondary N) is 1. The number of piperidine rings is 1. The maximum Gasteiger partial charge on any atom is 0.307 e. The molecule has 0 bridgehead atoms. The molecule has 0 spiro atoms. The molecule has 208 valence electrons. The molecule has 9 heteroatoms. The topological polar surface area (TPSA) is 125 Å². The number of amides is 1. The third-order valence-corrected chi connectivity index (χ3v) is 7.29. The number of rotatable bonds is 14. The Morgan fingerprint density at radius 1 is 1.11 bits per heavy atom. The van der Waals surface area contributed by atoms with Gasteiger partial charge in [0.15, 0.2) is 0 Å². The highest BCUT2D eigenvalue weighted by atomic mass is 16.4. The number of carboxylic acid groups (broad SMARTS) is 1. The third kappa shape index (κ3) is 8.97. The first-order valence-electron chi connectivity index (χ1n) is 13.9. The summed E-state index contributed by atoms with van der Waals surface area (Å²) in [6.45, 7) is 7.99. The van der Waals surface area contributed by atoms with Gasteiger partial charge >= 0.3 is 5.97 Å². The Balaban J connectivity index is 1.70. The quantitative estimate of drug-likeness (QED) is 0.318. The minimum Gasteiger partial charge on any atom is -0.481 e. The van der Waals surface area contributed by atoms with Crippen LogP contribution in [0.2, 0.25) is 0 Å². The Morgan fingerprint density at radius 2 is 1.79 bits per heavy atom. The monoisotopic (exact) mass is 524 g/mol. The average Bonchev–Trinajstić information content (AvgIpc) is 2.88. The number of nitrogens with zero attached hydrogens (tertiary/aromatic N) is 4. The van der Waals surface area contributed by atoms with E-state index >= 15 is 0 Å². The molecular formula is C29H44N6O3. The molecule has 0 unspecified atom stereocenters. The van der Waals surface area contributed by atoms with Crippen molar-refractivity contribution < 1.29 is 14.7 Å². The molecule has 38 heavy (non-hydrogen) atoms. The van der Waals surface area contributed by atoms with Crippen molar-refractivity contribution in [3.05, 3.63) is 46.6 Å². The summed E-state index contributed by atoms with van der Waals surface area (Å²) in [7, 11) is 2.10. The highest BCUT2D eigenvalue weighted by molar-refractivity contribution is 5.79. The van der Waals surface area contributed by atoms with Crippen molar-refractivity contribution in [1.82, 2.24) is 19.8 Å². The van der Waals surface area contributed by atoms with Crippen LogP contribution in [0.4, 0.5) is 11.8 Å². The molecule has 0 radical (unpaired) electrons. The van der Waals surface area contributed by atoms with Crippen LogP contribution in [0.15, 0.2) is 24.3 Å². The lowest BCUT2D eigenvalue weighted by Gasteiger charge is -2.33. The lowest BCUT2D eigenvalue weighted by molar-refractivity contribution is -0.138. The summed E-state index contributed by atoms with van der Waals surface area (Å²) < 4.78 is 0. The number of aliphatic carboxylic acids is 1. The summed E-state index contributed by atoms with van der Waals surface area (Å²) in [4.78, 5) is 37.8. The van der Waals surface area contributed by atoms with Gasteiger partial charge in [0.05, 0.1) is 6.42 Å². The van der Waals surface area contributed by atoms with Gasteiger partial charge in [-0.25, -0.2) is 4.98 Å². The van der Waals surface area contributed by atoms with E-state index in [1.807, 2.05) is 36.1 Å². The normalized spacial score (nSPS) is 14.4. The number of carboxylic acids is 1. The first-order valence-corrected chi connectivity index (χ1v) is 13.9. The summed E-state index contributed by atoms with van der Waals surface area (Å²) >= 11 is 0. The van der Waals surface area contributed by atoms with Crippen LogP contribution in [0.3, 0.4) is 0 Å². The predicted molar refractivity (Wildman–Crippen MR) is 151 cm³/mol. The molecule has 2 heterocycles. The fourth-order valence-corrected chi connectivity index (χ4v) is 5.03. The number of likely N-dealkylation sites (tertiary alicyclic amines) is 1. The van der Waals surface area contributed by atoms with Gasteiger partial charge in [-0.1, -0.05) is 44.0 Å². The van der Waals surface area contributed by atoms with Crippen LogP contribution in [0, 0.1) is 12.8 Å². The highest BCUT2D eigenvalue weighted by Crippen LogP contribution is 2.23. The number of benzene rings is 1. The lowest BCUT2D eigenvalue weighted by Crippen LogP contribution is -2.41. The fourth-order valence-electron chi connectivity index (χ4n) is 5.03. The van der Waals surface area contributed by atoms with E-state index in [0.717, 1.165) is 92.8 Å². The van der Waals surface area contributed by atoms with E-state index in [1.54, 1.807) is 0 Å². The molecule has 0 saturated carbocycles. The van der Waals surface area contributed by atoms with E-state index in [2.05, 4.69) is 34.2 Å². The van der Waals surface area contributed by atoms with Crippen LogP contribution in [-0.2, 0) is 29.0 Å². The molecule has 0 aliphatic carbocycles. The Hall–Kier alpha value is -3.20. The Kier molecular flexibility index (Phi) is 11.3. The van der Waals surface area contributed by atoms with Gasteiger partial charge in [0.1, 0.15) is 5.82 Å². The zero-order valence-corrected chi connectivity index (χ0v) is 23.2. The van der Waals surface area contributed by atoms with Crippen molar-refractivity contribution >= 4 is 23.6 Å². The van der Waals surface area contributed by atoms with Crippen LogP contribution in [-0.4, -0.2) is 70.0 Å². The van der Waals surface area contributed by atoms with E-state index in [1.165, 1.54) is 0 Å². The van der Waals surface area contributed by atoms with E-state index in [0.29, 0.717) is 13.1 Å². The maximum absolute atomic E-state index is 13.6. The highest BCUT2D eigenvalue weighted by Gasteiger charge is 2.27. The summed E-state index contributed by atoms with van der Waals surface area (Å²) in [6.07, 6.45) is 6.67. The zero-order chi connectivity index (χ0) is 27.5. The molecular weight excluding hydrogens is 480 g/mol. The van der Waals surface area contributed by atoms with Crippen LogP contribution in [0.1, 0.15) is 67.8 Å². The average molecular weight is 525 g/mol. The van der Waals surface area contributed by atoms with Crippen molar-refractivity contribution in [2.75, 3.05) is 44.3 Å². The Labute approximate surface area is 226 Å². The second-order valence-corrected chi connectivity index (χ2v) is 10.5. The largest absolute Gasteiger partial charge is 0.481 e. The number of hydrogen-bond acceptors (Lipinski definition) is 7. The number of nitrogens with two attached hydrogens (primary N) is 1. The number of aromatic nitrogens is 2. The Bertz CT molecular complexity index is 1050. The number of carbonyl (C=O) groups excluding carboxylic acids is 1. The molecule has 2 aromatic rings. The lowest BCUT2D eigenvalue weighted by atomic mass is 9.95. The first kappa shape index (κ1) is 29.4. The minimum atomic E-state index is -0.849. The third-order valence-electron chi connectivity index (χ3n) is 7.29. The summed E-state index contributed by atoms with van der Waals surface area (Å²) in [6, 6.07) is 7.55. The van der Waals surface area contributed by atoms with Gasteiger partial charge in [-0.15, -0.1) is 0 Å². The molecule has 9 nitrogen and oxygen atoms in total. The SMILES string of the molecule is CCCCCNc1nc(N)nc(C)c1CCCN(Cc1ccc(CC(=O)O)cc1)C(=O)C1CCN(C)CC1. The van der Waals surface area contributed by atoms with Gasteiger partial charge in [0.25, 0.3) is 0 Å². The molecule has 1 fully saturated rings. The zero-order valence-electron chi connectivity index (χ0n) is 23.2. The van der Waals surface area contributed by atoms with Crippen LogP contribution in [0.25, 0.3) is 0 Å². The molecule has 1 amide bonds. The minimum absolute atomic E-state index is 0.00363. The summed E-state index contributed by atoms with van der Waals surface area (Å²) in [5.74, 6) is 0.465. The molecule has 0 atom stereocenters. The molecule has 4 N–H and O–H groups in total. The van der Waals surface area contributed by atoms with Crippen molar-refractivity contribution in [3.8, 4) is 0 Å². The number of aryl methyl sites for hydroxylation is 1. The molecule has 1 aliphatic heterocycles. The standard InChI is InChI=1S/C29H44N6O3/c1-4-5-6-15-31-27-25(21(2)32-29(30)33-27)8-7-16-35(28(38)24-13-17-34(3)18-14-24)20-23-11-9-22(10-12-23)19-26(36)37/h9-12,24H,4-8,13-20H2,1-3H3,(H,36,37)(H3,30,31,32,33). The smallest absolute Gasteiger partial charge is 0.307 e. The van der Waals surface area contributed by atoms with Crippen molar-refractivity contribution in [3.63, 3.8) is 0 Å². The van der Waals surface area contributed by atoms with Crippen LogP contribution < -0.4 is 11.1 Å². The van der Waals surface area contributed by atoms with E-state index in [-0.39, 0.29) is 24.2 Å². The first-order chi connectivity index (χ1) is 18.3. The van der Waals surface area contributed by atoms with Gasteiger partial charge < -0.3 is 26.0 Å². The second kappa shape index (κ2) is 14.7. The molecule has 1 saturated heterocycles. The van der Waals surface area contributed by atoms with Crippen molar-refractivity contribution in [2.24, 2.45) is 5.92 Å². The van der Waals surface area contributed by atoms with Gasteiger partial charge in [0, 0.05) is 36.8 Å². The number of unbranched alkanes of at least 4 members (excludes halogenated alkanes) is 2. The van der Waals surface area contributed by atoms with Gasteiger partial charge in [-0.05, 0) is 70.3 Å². The van der Waals surface area contributed by atoms with E-state index < -0.39 is 5.97 Å². The number of anilines is 2.